The Balaban J connectivity index is 2.75. The zero-order valence-electron chi connectivity index (χ0n) is 4.87. The smallest absolute Gasteiger partial charge is 0.159 e. The van der Waals surface area contributed by atoms with E-state index in [9.17, 15) is 0 Å². The van der Waals surface area contributed by atoms with Gasteiger partial charge in [0, 0.05) is 0 Å². The van der Waals surface area contributed by atoms with Crippen molar-refractivity contribution in [1.82, 2.24) is 10.7 Å². The second-order valence-corrected chi connectivity index (χ2v) is 1.66. The molecule has 1 aliphatic heterocycles. The lowest BCUT2D eigenvalue weighted by molar-refractivity contribution is -0.0924. The number of allylic oxidation sites excluding steroid dienone is 1. The molecule has 5 nitrogen and oxygen atoms in total. The molecule has 0 saturated carbocycles. The fraction of sp³-hybridized carbons (Fsp3) is 0.250. The van der Waals surface area contributed by atoms with Gasteiger partial charge in [-0.3, -0.25) is 5.21 Å². The van der Waals surface area contributed by atoms with E-state index in [1.54, 1.807) is 6.92 Å². The molecule has 1 rings (SSSR count). The molecule has 0 radical (unpaired) electrons. The van der Waals surface area contributed by atoms with Gasteiger partial charge in [-0.2, -0.15) is 15.8 Å². The van der Waals surface area contributed by atoms with Crippen molar-refractivity contribution >= 4 is 5.71 Å². The minimum Gasteiger partial charge on any atom is -0.504 e. The van der Waals surface area contributed by atoms with Crippen LogP contribution in [0.1, 0.15) is 6.92 Å². The summed E-state index contributed by atoms with van der Waals surface area (Å²) >= 11 is 0. The van der Waals surface area contributed by atoms with Crippen LogP contribution in [0.15, 0.2) is 17.1 Å². The molecule has 0 fully saturated rings. The first-order chi connectivity index (χ1) is 4.20. The largest absolute Gasteiger partial charge is 0.504 e. The van der Waals surface area contributed by atoms with E-state index in [2.05, 4.69) is 10.6 Å². The van der Waals surface area contributed by atoms with E-state index in [0.717, 1.165) is 6.20 Å². The van der Waals surface area contributed by atoms with E-state index in [4.69, 9.17) is 10.3 Å². The van der Waals surface area contributed by atoms with Gasteiger partial charge in [-0.15, -0.1) is 0 Å². The first kappa shape index (κ1) is 5.90. The normalized spacial score (nSPS) is 18.2. The summed E-state index contributed by atoms with van der Waals surface area (Å²) in [5.41, 5.74) is 2.65. The monoisotopic (exact) mass is 129 g/mol. The van der Waals surface area contributed by atoms with Gasteiger partial charge in [0.15, 0.2) is 5.76 Å². The molecule has 9 heavy (non-hydrogen) atoms. The minimum absolute atomic E-state index is 0.0451. The Morgan fingerprint density at radius 1 is 1.78 bits per heavy atom. The van der Waals surface area contributed by atoms with Crippen molar-refractivity contribution in [2.75, 3.05) is 0 Å². The number of hydrazine groups is 1. The number of nitrogens with zero attached hydrogens (tertiary/aromatic N) is 2. The summed E-state index contributed by atoms with van der Waals surface area (Å²) in [5, 5.41) is 21.5. The second kappa shape index (κ2) is 1.94. The predicted octanol–water partition coefficient (Wildman–Crippen LogP) is -0.0289. The van der Waals surface area contributed by atoms with Gasteiger partial charge in [0.05, 0.1) is 6.20 Å². The summed E-state index contributed by atoms with van der Waals surface area (Å²) < 4.78 is 0. The maximum absolute atomic E-state index is 8.84. The molecule has 0 aromatic heterocycles. The van der Waals surface area contributed by atoms with Gasteiger partial charge >= 0.3 is 0 Å². The van der Waals surface area contributed by atoms with Gasteiger partial charge in [0.25, 0.3) is 0 Å². The molecule has 0 aromatic carbocycles. The molecule has 0 saturated heterocycles. The molecule has 0 bridgehead atoms. The van der Waals surface area contributed by atoms with E-state index >= 15 is 0 Å². The van der Waals surface area contributed by atoms with Crippen LogP contribution in [0.4, 0.5) is 0 Å². The first-order valence-corrected chi connectivity index (χ1v) is 2.39. The first-order valence-electron chi connectivity index (χ1n) is 2.39. The van der Waals surface area contributed by atoms with Crippen molar-refractivity contribution in [2.24, 2.45) is 5.10 Å². The van der Waals surface area contributed by atoms with Crippen LogP contribution in [-0.2, 0) is 0 Å². The van der Waals surface area contributed by atoms with E-state index in [0.29, 0.717) is 10.9 Å². The lowest BCUT2D eigenvalue weighted by Crippen LogP contribution is -2.31. The van der Waals surface area contributed by atoms with Gasteiger partial charge in [-0.05, 0) is 6.92 Å². The summed E-state index contributed by atoms with van der Waals surface area (Å²) in [5.74, 6) is -0.0451. The zero-order chi connectivity index (χ0) is 6.85. The van der Waals surface area contributed by atoms with Crippen molar-refractivity contribution < 1.29 is 10.3 Å². The highest BCUT2D eigenvalue weighted by atomic mass is 16.5. The van der Waals surface area contributed by atoms with Gasteiger partial charge in [0.2, 0.25) is 0 Å². The third-order valence-corrected chi connectivity index (χ3v) is 0.935. The maximum Gasteiger partial charge on any atom is 0.159 e. The highest BCUT2D eigenvalue weighted by molar-refractivity contribution is 5.95. The predicted molar refractivity (Wildman–Crippen MR) is 30.6 cm³/mol. The summed E-state index contributed by atoms with van der Waals surface area (Å²) in [6, 6.07) is 0. The summed E-state index contributed by atoms with van der Waals surface area (Å²) in [4.78, 5) is 0. The molecular formula is C4H7N3O2. The average Bonchev–Trinajstić information content (AvgIpc) is 1.80. The maximum atomic E-state index is 8.84. The highest BCUT2D eigenvalue weighted by Crippen LogP contribution is 1.97. The van der Waals surface area contributed by atoms with Crippen molar-refractivity contribution in [1.29, 1.82) is 0 Å². The fourth-order valence-electron chi connectivity index (χ4n) is 0.422. The third-order valence-electron chi connectivity index (χ3n) is 0.935. The molecule has 0 atom stereocenters. The molecule has 1 aliphatic rings. The molecular weight excluding hydrogens is 122 g/mol. The molecule has 0 amide bonds. The number of hydrogen-bond acceptors (Lipinski definition) is 5. The average molecular weight is 129 g/mol. The van der Waals surface area contributed by atoms with Crippen LogP contribution < -0.4 is 5.53 Å². The van der Waals surface area contributed by atoms with Crippen LogP contribution >= 0.6 is 0 Å². The van der Waals surface area contributed by atoms with Crippen LogP contribution in [0.25, 0.3) is 0 Å². The van der Waals surface area contributed by atoms with Crippen molar-refractivity contribution in [3.05, 3.63) is 12.0 Å². The van der Waals surface area contributed by atoms with E-state index < -0.39 is 0 Å². The number of hydrazone groups is 1. The highest BCUT2D eigenvalue weighted by Gasteiger charge is 2.05. The number of aliphatic hydroxyl groups is 1. The molecule has 5 heteroatoms. The standard InChI is InChI=1S/C4H7N3O2/c1-3-4(8)2-7(9)6-5-3/h2,6,8-9H,1H3. The molecule has 0 aliphatic carbocycles. The number of hydroxylamine groups is 1. The van der Waals surface area contributed by atoms with Crippen LogP contribution in [0.3, 0.4) is 0 Å². The Kier molecular flexibility index (Phi) is 1.27. The van der Waals surface area contributed by atoms with E-state index in [-0.39, 0.29) is 5.76 Å². The van der Waals surface area contributed by atoms with Crippen molar-refractivity contribution in [2.45, 2.75) is 6.92 Å². The van der Waals surface area contributed by atoms with Crippen molar-refractivity contribution in [3.63, 3.8) is 0 Å². The molecule has 3 N–H and O–H groups in total. The number of hydrogen-bond donors (Lipinski definition) is 3. The topological polar surface area (TPSA) is 68.1 Å². The zero-order valence-corrected chi connectivity index (χ0v) is 4.87. The Morgan fingerprint density at radius 2 is 2.44 bits per heavy atom. The summed E-state index contributed by atoms with van der Waals surface area (Å²) in [7, 11) is 0. The Bertz CT molecular complexity index is 175. The SMILES string of the molecule is CC1=NNN(O)C=C1O. The number of aliphatic hydroxyl groups excluding tert-OH is 1. The van der Waals surface area contributed by atoms with Crippen LogP contribution in [-0.4, -0.2) is 21.2 Å². The van der Waals surface area contributed by atoms with Crippen LogP contribution in [0.2, 0.25) is 0 Å². The lowest BCUT2D eigenvalue weighted by atomic mass is 10.3. The lowest BCUT2D eigenvalue weighted by Gasteiger charge is -2.15. The molecule has 1 heterocycles. The Morgan fingerprint density at radius 3 is 2.89 bits per heavy atom. The second-order valence-electron chi connectivity index (χ2n) is 1.66. The molecule has 50 valence electrons. The van der Waals surface area contributed by atoms with Gasteiger partial charge in [0.1, 0.15) is 5.71 Å². The summed E-state index contributed by atoms with van der Waals surface area (Å²) in [6.07, 6.45) is 1.11. The minimum atomic E-state index is -0.0451. The van der Waals surface area contributed by atoms with Crippen molar-refractivity contribution in [3.8, 4) is 0 Å². The Labute approximate surface area is 51.8 Å². The third kappa shape index (κ3) is 1.11. The molecule has 0 spiro atoms. The van der Waals surface area contributed by atoms with Gasteiger partial charge in [-0.25, -0.2) is 0 Å². The van der Waals surface area contributed by atoms with Crippen LogP contribution in [0, 0.1) is 0 Å². The number of nitrogens with one attached hydrogen (secondary N) is 1. The van der Waals surface area contributed by atoms with Crippen LogP contribution in [0.5, 0.6) is 0 Å². The summed E-state index contributed by atoms with van der Waals surface area (Å²) in [6.45, 7) is 1.62. The van der Waals surface area contributed by atoms with E-state index in [1.807, 2.05) is 0 Å². The number of rotatable bonds is 0. The Hall–Kier alpha value is -1.23. The molecule has 0 unspecified atom stereocenters. The fourth-order valence-corrected chi connectivity index (χ4v) is 0.422. The molecule has 0 aromatic rings. The quantitative estimate of drug-likeness (QED) is 0.429. The van der Waals surface area contributed by atoms with Gasteiger partial charge < -0.3 is 5.11 Å². The van der Waals surface area contributed by atoms with Gasteiger partial charge in [-0.1, -0.05) is 0 Å². The van der Waals surface area contributed by atoms with E-state index in [1.165, 1.54) is 0 Å².